The van der Waals surface area contributed by atoms with Crippen LogP contribution in [0.2, 0.25) is 0 Å². The number of anilines is 1. The summed E-state index contributed by atoms with van der Waals surface area (Å²) in [5, 5.41) is 0. The quantitative estimate of drug-likeness (QED) is 0.651. The van der Waals surface area contributed by atoms with Crippen LogP contribution >= 0.6 is 15.9 Å². The molecular weight excluding hydrogens is 328 g/mol. The van der Waals surface area contributed by atoms with Crippen molar-refractivity contribution in [1.29, 1.82) is 0 Å². The molecule has 1 atom stereocenters. The zero-order chi connectivity index (χ0) is 13.9. The highest BCUT2D eigenvalue weighted by atomic mass is 79.9. The topological polar surface area (TPSA) is 72.2 Å². The summed E-state index contributed by atoms with van der Waals surface area (Å²) in [6.07, 6.45) is 7.22. The lowest BCUT2D eigenvalue weighted by Gasteiger charge is -2.18. The monoisotopic (exact) mass is 344 g/mol. The second-order valence-electron chi connectivity index (χ2n) is 4.68. The first-order valence-electron chi connectivity index (χ1n) is 6.19. The molecule has 1 unspecified atom stereocenters. The van der Waals surface area contributed by atoms with Crippen molar-refractivity contribution in [2.75, 3.05) is 12.3 Å². The van der Waals surface area contributed by atoms with Gasteiger partial charge in [0.25, 0.3) is 0 Å². The van der Waals surface area contributed by atoms with Crippen LogP contribution in [-0.2, 0) is 10.0 Å². The third-order valence-corrected chi connectivity index (χ3v) is 5.19. The Labute approximate surface area is 122 Å². The fourth-order valence-electron chi connectivity index (χ4n) is 2.11. The van der Waals surface area contributed by atoms with Crippen molar-refractivity contribution >= 4 is 31.6 Å². The number of halogens is 1. The van der Waals surface area contributed by atoms with Crippen LogP contribution in [0.25, 0.3) is 0 Å². The minimum absolute atomic E-state index is 0.141. The summed E-state index contributed by atoms with van der Waals surface area (Å²) in [7, 11) is -3.53. The highest BCUT2D eigenvalue weighted by molar-refractivity contribution is 9.10. The third kappa shape index (κ3) is 3.81. The van der Waals surface area contributed by atoms with Gasteiger partial charge in [-0.25, -0.2) is 13.1 Å². The van der Waals surface area contributed by atoms with E-state index in [1.165, 1.54) is 6.07 Å². The Bertz CT molecular complexity index is 584. The Morgan fingerprint density at radius 1 is 1.37 bits per heavy atom. The van der Waals surface area contributed by atoms with Gasteiger partial charge in [0.05, 0.1) is 5.69 Å². The maximum Gasteiger partial charge on any atom is 0.242 e. The lowest BCUT2D eigenvalue weighted by molar-refractivity contribution is 0.468. The smallest absolute Gasteiger partial charge is 0.242 e. The van der Waals surface area contributed by atoms with E-state index in [0.717, 1.165) is 23.7 Å². The number of hydrogen-bond donors (Lipinski definition) is 2. The number of benzene rings is 1. The van der Waals surface area contributed by atoms with Gasteiger partial charge in [0.15, 0.2) is 0 Å². The summed E-state index contributed by atoms with van der Waals surface area (Å²) in [5.41, 5.74) is 6.01. The molecule has 0 bridgehead atoms. The van der Waals surface area contributed by atoms with Gasteiger partial charge in [-0.1, -0.05) is 28.1 Å². The Kier molecular flexibility index (Phi) is 4.65. The molecule has 19 heavy (non-hydrogen) atoms. The Balaban J connectivity index is 2.07. The molecule has 0 amide bonds. The third-order valence-electron chi connectivity index (χ3n) is 3.20. The normalized spacial score (nSPS) is 19.5. The van der Waals surface area contributed by atoms with Gasteiger partial charge >= 0.3 is 0 Å². The lowest BCUT2D eigenvalue weighted by atomic mass is 9.95. The Hall–Kier alpha value is -0.850. The van der Waals surface area contributed by atoms with Crippen LogP contribution in [0.15, 0.2) is 39.7 Å². The van der Waals surface area contributed by atoms with Crippen molar-refractivity contribution in [3.63, 3.8) is 0 Å². The first kappa shape index (κ1) is 14.6. The van der Waals surface area contributed by atoms with Gasteiger partial charge in [-0.15, -0.1) is 0 Å². The van der Waals surface area contributed by atoms with Crippen LogP contribution in [0.3, 0.4) is 0 Å². The molecule has 104 valence electrons. The first-order chi connectivity index (χ1) is 8.99. The van der Waals surface area contributed by atoms with Crippen LogP contribution in [0.5, 0.6) is 0 Å². The first-order valence-corrected chi connectivity index (χ1v) is 8.46. The van der Waals surface area contributed by atoms with Crippen molar-refractivity contribution in [2.24, 2.45) is 5.92 Å². The molecule has 0 fully saturated rings. The second-order valence-corrected chi connectivity index (χ2v) is 7.34. The van der Waals surface area contributed by atoms with Gasteiger partial charge in [-0.3, -0.25) is 0 Å². The van der Waals surface area contributed by atoms with E-state index in [1.807, 2.05) is 0 Å². The van der Waals surface area contributed by atoms with Crippen LogP contribution in [0.1, 0.15) is 19.3 Å². The van der Waals surface area contributed by atoms with Crippen LogP contribution < -0.4 is 10.5 Å². The van der Waals surface area contributed by atoms with E-state index in [4.69, 9.17) is 5.73 Å². The fraction of sp³-hybridized carbons (Fsp3) is 0.385. The molecule has 0 saturated heterocycles. The van der Waals surface area contributed by atoms with Gasteiger partial charge in [0, 0.05) is 11.0 Å². The number of nitrogen functional groups attached to an aromatic ring is 1. The van der Waals surface area contributed by atoms with Crippen LogP contribution in [-0.4, -0.2) is 15.0 Å². The highest BCUT2D eigenvalue weighted by Crippen LogP contribution is 2.23. The predicted octanol–water partition coefficient (Wildman–Crippen LogP) is 2.67. The van der Waals surface area contributed by atoms with Crippen molar-refractivity contribution in [3.05, 3.63) is 34.8 Å². The lowest BCUT2D eigenvalue weighted by Crippen LogP contribution is -2.30. The van der Waals surface area contributed by atoms with Crippen LogP contribution in [0.4, 0.5) is 5.69 Å². The Morgan fingerprint density at radius 2 is 2.16 bits per heavy atom. The summed E-state index contributed by atoms with van der Waals surface area (Å²) in [6, 6.07) is 4.79. The van der Waals surface area contributed by atoms with Gasteiger partial charge in [0.2, 0.25) is 10.0 Å². The van der Waals surface area contributed by atoms with E-state index in [2.05, 4.69) is 32.8 Å². The molecule has 0 aliphatic heterocycles. The van der Waals surface area contributed by atoms with Gasteiger partial charge in [0.1, 0.15) is 4.90 Å². The molecule has 6 heteroatoms. The number of sulfonamides is 1. The molecule has 1 aliphatic carbocycles. The molecule has 1 aromatic rings. The van der Waals surface area contributed by atoms with Gasteiger partial charge in [-0.2, -0.15) is 0 Å². The molecule has 3 N–H and O–H groups in total. The molecule has 0 spiro atoms. The SMILES string of the molecule is Nc1cc(Br)ccc1S(=O)(=O)NCC1CC=CCC1. The van der Waals surface area contributed by atoms with Crippen molar-refractivity contribution < 1.29 is 8.42 Å². The highest BCUT2D eigenvalue weighted by Gasteiger charge is 2.19. The van der Waals surface area contributed by atoms with E-state index in [9.17, 15) is 8.42 Å². The average molecular weight is 345 g/mol. The van der Waals surface area contributed by atoms with Crippen molar-refractivity contribution in [3.8, 4) is 0 Å². The maximum atomic E-state index is 12.2. The number of nitrogens with one attached hydrogen (secondary N) is 1. The molecular formula is C13H17BrN2O2S. The van der Waals surface area contributed by atoms with Crippen molar-refractivity contribution in [2.45, 2.75) is 24.2 Å². The fourth-order valence-corrected chi connectivity index (χ4v) is 3.72. The number of hydrogen-bond acceptors (Lipinski definition) is 3. The van der Waals surface area contributed by atoms with Crippen molar-refractivity contribution in [1.82, 2.24) is 4.72 Å². The molecule has 0 saturated carbocycles. The Morgan fingerprint density at radius 3 is 2.79 bits per heavy atom. The van der Waals surface area contributed by atoms with E-state index < -0.39 is 10.0 Å². The molecule has 0 heterocycles. The van der Waals surface area contributed by atoms with E-state index >= 15 is 0 Å². The molecule has 1 aromatic carbocycles. The summed E-state index contributed by atoms with van der Waals surface area (Å²) < 4.78 is 27.8. The predicted molar refractivity (Wildman–Crippen MR) is 80.2 cm³/mol. The molecule has 0 aromatic heterocycles. The van der Waals surface area contributed by atoms with E-state index in [1.54, 1.807) is 12.1 Å². The molecule has 2 rings (SSSR count). The van der Waals surface area contributed by atoms with Gasteiger partial charge < -0.3 is 5.73 Å². The summed E-state index contributed by atoms with van der Waals surface area (Å²) >= 11 is 3.26. The molecule has 4 nitrogen and oxygen atoms in total. The second kappa shape index (κ2) is 6.07. The largest absolute Gasteiger partial charge is 0.398 e. The minimum Gasteiger partial charge on any atom is -0.398 e. The molecule has 1 aliphatic rings. The van der Waals surface area contributed by atoms with E-state index in [0.29, 0.717) is 12.5 Å². The summed E-state index contributed by atoms with van der Waals surface area (Å²) in [5.74, 6) is 0.372. The number of rotatable bonds is 4. The zero-order valence-electron chi connectivity index (χ0n) is 10.5. The number of nitrogens with two attached hydrogens (primary N) is 1. The van der Waals surface area contributed by atoms with E-state index in [-0.39, 0.29) is 10.6 Å². The number of allylic oxidation sites excluding steroid dienone is 2. The van der Waals surface area contributed by atoms with Crippen LogP contribution in [0, 0.1) is 5.92 Å². The molecule has 0 radical (unpaired) electrons. The van der Waals surface area contributed by atoms with Gasteiger partial charge in [-0.05, 0) is 43.4 Å². The zero-order valence-corrected chi connectivity index (χ0v) is 12.9. The summed E-state index contributed by atoms with van der Waals surface area (Å²) in [6.45, 7) is 0.460. The standard InChI is InChI=1S/C13H17BrN2O2S/c14-11-6-7-13(12(15)8-11)19(17,18)16-9-10-4-2-1-3-5-10/h1-2,6-8,10,16H,3-5,9,15H2. The maximum absolute atomic E-state index is 12.2. The summed E-state index contributed by atoms with van der Waals surface area (Å²) in [4.78, 5) is 0.141. The average Bonchev–Trinajstić information content (AvgIpc) is 2.37. The minimum atomic E-state index is -3.53.